The molecule has 1 aliphatic heterocycles. The first-order valence-electron chi connectivity index (χ1n) is 7.18. The number of rotatable bonds is 6. The van der Waals surface area contributed by atoms with Gasteiger partial charge < -0.3 is 10.4 Å². The lowest BCUT2D eigenvalue weighted by atomic mass is 9.87. The van der Waals surface area contributed by atoms with Gasteiger partial charge >= 0.3 is 0 Å². The van der Waals surface area contributed by atoms with Crippen LogP contribution in [0.2, 0.25) is 0 Å². The largest absolute Gasteiger partial charge is 0.396 e. The molecule has 1 atom stereocenters. The van der Waals surface area contributed by atoms with Gasteiger partial charge in [-0.05, 0) is 42.1 Å². The number of aliphatic hydroxyl groups excluding tert-OH is 1. The first kappa shape index (κ1) is 14.9. The summed E-state index contributed by atoms with van der Waals surface area (Å²) in [5.41, 5.74) is 1.71. The van der Waals surface area contributed by atoms with Gasteiger partial charge in [0.2, 0.25) is 0 Å². The van der Waals surface area contributed by atoms with Gasteiger partial charge in [0.15, 0.2) is 0 Å². The molecule has 2 N–H and O–H groups in total. The summed E-state index contributed by atoms with van der Waals surface area (Å²) in [6.07, 6.45) is 3.17. The van der Waals surface area contributed by atoms with Crippen LogP contribution < -0.4 is 5.32 Å². The lowest BCUT2D eigenvalue weighted by Crippen LogP contribution is -2.34. The Labute approximate surface area is 121 Å². The van der Waals surface area contributed by atoms with E-state index in [0.29, 0.717) is 12.6 Å². The van der Waals surface area contributed by atoms with E-state index in [1.165, 1.54) is 22.6 Å². The third kappa shape index (κ3) is 4.23. The molecule has 0 radical (unpaired) electrons. The number of hydrogen-bond donors (Lipinski definition) is 2. The van der Waals surface area contributed by atoms with Gasteiger partial charge in [-0.2, -0.15) is 0 Å². The topological polar surface area (TPSA) is 32.3 Å². The van der Waals surface area contributed by atoms with Crippen molar-refractivity contribution < 1.29 is 5.11 Å². The summed E-state index contributed by atoms with van der Waals surface area (Å²) in [6, 6.07) is 9.23. The molecule has 1 heterocycles. The summed E-state index contributed by atoms with van der Waals surface area (Å²) in [5.74, 6) is 1.20. The van der Waals surface area contributed by atoms with Crippen LogP contribution in [0.5, 0.6) is 0 Å². The molecule has 1 aromatic carbocycles. The third-order valence-corrected chi connectivity index (χ3v) is 4.92. The molecule has 1 unspecified atom stereocenters. The maximum atomic E-state index is 8.95. The normalized spacial score (nSPS) is 19.2. The molecule has 0 spiro atoms. The summed E-state index contributed by atoms with van der Waals surface area (Å²) in [6.45, 7) is 5.86. The van der Waals surface area contributed by atoms with E-state index >= 15 is 0 Å². The molecule has 19 heavy (non-hydrogen) atoms. The van der Waals surface area contributed by atoms with Gasteiger partial charge in [-0.15, -0.1) is 11.8 Å². The quantitative estimate of drug-likeness (QED) is 0.834. The number of aliphatic hydroxyl groups is 1. The van der Waals surface area contributed by atoms with E-state index in [9.17, 15) is 0 Å². The van der Waals surface area contributed by atoms with E-state index in [1.807, 2.05) is 11.8 Å². The van der Waals surface area contributed by atoms with Crippen LogP contribution in [0, 0.1) is 5.41 Å². The Bertz CT molecular complexity index is 405. The molecule has 1 aliphatic rings. The highest BCUT2D eigenvalue weighted by Gasteiger charge is 2.23. The number of thioether (sulfide) groups is 1. The van der Waals surface area contributed by atoms with Crippen molar-refractivity contribution in [3.05, 3.63) is 29.8 Å². The summed E-state index contributed by atoms with van der Waals surface area (Å²) < 4.78 is 0. The van der Waals surface area contributed by atoms with Gasteiger partial charge in [-0.25, -0.2) is 0 Å². The third-order valence-electron chi connectivity index (χ3n) is 3.80. The zero-order valence-electron chi connectivity index (χ0n) is 12.0. The number of benzene rings is 1. The van der Waals surface area contributed by atoms with E-state index in [1.54, 1.807) is 0 Å². The minimum atomic E-state index is 0.252. The van der Waals surface area contributed by atoms with E-state index in [4.69, 9.17) is 5.11 Å². The van der Waals surface area contributed by atoms with Gasteiger partial charge in [0, 0.05) is 24.1 Å². The Balaban J connectivity index is 1.94. The maximum Gasteiger partial charge on any atom is 0.0431 e. The molecule has 2 nitrogen and oxygen atoms in total. The summed E-state index contributed by atoms with van der Waals surface area (Å²) >= 11 is 1.97. The number of nitrogens with one attached hydrogen (secondary N) is 1. The van der Waals surface area contributed by atoms with Crippen molar-refractivity contribution in [1.29, 1.82) is 0 Å². The fraction of sp³-hybridized carbons (Fsp3) is 0.625. The molecule has 2 rings (SSSR count). The second kappa shape index (κ2) is 6.78. The van der Waals surface area contributed by atoms with E-state index < -0.39 is 0 Å². The highest BCUT2D eigenvalue weighted by atomic mass is 32.2. The fourth-order valence-electron chi connectivity index (χ4n) is 2.60. The van der Waals surface area contributed by atoms with Crippen LogP contribution in [0.15, 0.2) is 29.2 Å². The SMILES string of the molecule is CC(C)(CCCO)CNC1CCSc2ccccc21. The lowest BCUT2D eigenvalue weighted by molar-refractivity contribution is 0.231. The minimum Gasteiger partial charge on any atom is -0.396 e. The molecule has 106 valence electrons. The maximum absolute atomic E-state index is 8.95. The van der Waals surface area contributed by atoms with Crippen LogP contribution in [0.1, 0.15) is 44.7 Å². The van der Waals surface area contributed by atoms with Gasteiger partial charge in [-0.3, -0.25) is 0 Å². The predicted molar refractivity (Wildman–Crippen MR) is 82.6 cm³/mol. The molecule has 3 heteroatoms. The van der Waals surface area contributed by atoms with Crippen LogP contribution >= 0.6 is 11.8 Å². The number of hydrogen-bond acceptors (Lipinski definition) is 3. The standard InChI is InChI=1S/C16H25NOS/c1-16(2,9-5-10-18)12-17-14-8-11-19-15-7-4-3-6-13(14)15/h3-4,6-7,14,17-18H,5,8-12H2,1-2H3. The van der Waals surface area contributed by atoms with E-state index in [2.05, 4.69) is 43.4 Å². The van der Waals surface area contributed by atoms with Crippen LogP contribution in [0.4, 0.5) is 0 Å². The van der Waals surface area contributed by atoms with Crippen molar-refractivity contribution in [3.63, 3.8) is 0 Å². The van der Waals surface area contributed by atoms with Gasteiger partial charge in [0.05, 0.1) is 0 Å². The monoisotopic (exact) mass is 279 g/mol. The Hall–Kier alpha value is -0.510. The van der Waals surface area contributed by atoms with Crippen molar-refractivity contribution in [2.45, 2.75) is 44.0 Å². The molecular formula is C16H25NOS. The summed E-state index contributed by atoms with van der Waals surface area (Å²) in [7, 11) is 0. The molecule has 0 saturated carbocycles. The molecular weight excluding hydrogens is 254 g/mol. The summed E-state index contributed by atoms with van der Waals surface area (Å²) in [4.78, 5) is 1.43. The van der Waals surface area contributed by atoms with Crippen molar-refractivity contribution in [2.24, 2.45) is 5.41 Å². The van der Waals surface area contributed by atoms with Crippen molar-refractivity contribution in [1.82, 2.24) is 5.32 Å². The fourth-order valence-corrected chi connectivity index (χ4v) is 3.72. The Kier molecular flexibility index (Phi) is 5.31. The second-order valence-corrected chi connectivity index (χ2v) is 7.24. The highest BCUT2D eigenvalue weighted by Crippen LogP contribution is 2.36. The minimum absolute atomic E-state index is 0.252. The lowest BCUT2D eigenvalue weighted by Gasteiger charge is -2.31. The Morgan fingerprint density at radius 3 is 2.95 bits per heavy atom. The first-order chi connectivity index (χ1) is 9.12. The van der Waals surface area contributed by atoms with Crippen LogP contribution in [-0.4, -0.2) is 24.0 Å². The second-order valence-electron chi connectivity index (χ2n) is 6.10. The van der Waals surface area contributed by atoms with Crippen molar-refractivity contribution in [3.8, 4) is 0 Å². The average molecular weight is 279 g/mol. The van der Waals surface area contributed by atoms with E-state index in [-0.39, 0.29) is 5.41 Å². The highest BCUT2D eigenvalue weighted by molar-refractivity contribution is 7.99. The van der Waals surface area contributed by atoms with Gasteiger partial charge in [0.25, 0.3) is 0 Å². The first-order valence-corrected chi connectivity index (χ1v) is 8.17. The molecule has 0 amide bonds. The van der Waals surface area contributed by atoms with Crippen LogP contribution in [-0.2, 0) is 0 Å². The zero-order chi connectivity index (χ0) is 13.7. The molecule has 0 bridgehead atoms. The molecule has 0 aliphatic carbocycles. The van der Waals surface area contributed by atoms with E-state index in [0.717, 1.165) is 19.4 Å². The Morgan fingerprint density at radius 1 is 1.37 bits per heavy atom. The molecule has 0 aromatic heterocycles. The zero-order valence-corrected chi connectivity index (χ0v) is 12.8. The smallest absolute Gasteiger partial charge is 0.0431 e. The molecule has 1 aromatic rings. The van der Waals surface area contributed by atoms with Crippen LogP contribution in [0.25, 0.3) is 0 Å². The summed E-state index contributed by atoms with van der Waals surface area (Å²) in [5, 5.41) is 12.7. The average Bonchev–Trinajstić information content (AvgIpc) is 2.43. The van der Waals surface area contributed by atoms with Crippen molar-refractivity contribution in [2.75, 3.05) is 18.9 Å². The Morgan fingerprint density at radius 2 is 2.16 bits per heavy atom. The molecule has 0 saturated heterocycles. The molecule has 0 fully saturated rings. The van der Waals surface area contributed by atoms with Crippen molar-refractivity contribution >= 4 is 11.8 Å². The van der Waals surface area contributed by atoms with Crippen LogP contribution in [0.3, 0.4) is 0 Å². The predicted octanol–water partition coefficient (Wildman–Crippen LogP) is 3.61. The number of fused-ring (bicyclic) bond motifs is 1. The van der Waals surface area contributed by atoms with Gasteiger partial charge in [-0.1, -0.05) is 32.0 Å². The van der Waals surface area contributed by atoms with Gasteiger partial charge in [0.1, 0.15) is 0 Å².